The highest BCUT2D eigenvalue weighted by Gasteiger charge is 2.43. The van der Waals surface area contributed by atoms with Gasteiger partial charge in [0, 0.05) is 34.6 Å². The molecule has 0 aliphatic heterocycles. The van der Waals surface area contributed by atoms with Crippen LogP contribution >= 0.6 is 0 Å². The Kier molecular flexibility index (Phi) is 14.4. The first-order valence-electron chi connectivity index (χ1n) is 20.1. The van der Waals surface area contributed by atoms with Crippen LogP contribution in [0.4, 0.5) is 4.39 Å². The maximum atomic E-state index is 13.6. The normalized spacial score (nSPS) is 13.2. The second-order valence-electron chi connectivity index (χ2n) is 14.8. The molecule has 6 aromatic carbocycles. The topological polar surface area (TPSA) is 91.9 Å². The summed E-state index contributed by atoms with van der Waals surface area (Å²) in [4.78, 5) is 11.5. The SMILES string of the molecule is CCOC(=O)CC(O)CC(O)/C=C/c1c(-c2ccc(F)cc2)c2ccccc2n1C(C)C.OC(c1ccccc1)C(c1ccccc1)(c1ccccc1)c1ccccc1. The number of fused-ring (bicyclic) bond motifs is 1. The number of carbonyl (C=O) groups is 1. The van der Waals surface area contributed by atoms with Gasteiger partial charge >= 0.3 is 5.97 Å². The monoisotopic (exact) mass is 789 g/mol. The van der Waals surface area contributed by atoms with Crippen molar-refractivity contribution in [2.45, 2.75) is 63.4 Å². The molecule has 3 N–H and O–H groups in total. The summed E-state index contributed by atoms with van der Waals surface area (Å²) < 4.78 is 20.6. The summed E-state index contributed by atoms with van der Waals surface area (Å²) in [6.45, 7) is 6.11. The fraction of sp³-hybridized carbons (Fsp3) is 0.212. The molecule has 1 heterocycles. The van der Waals surface area contributed by atoms with Crippen molar-refractivity contribution in [3.05, 3.63) is 210 Å². The van der Waals surface area contributed by atoms with Gasteiger partial charge in [-0.3, -0.25) is 4.79 Å². The Labute approximate surface area is 346 Å². The Bertz CT molecular complexity index is 2300. The van der Waals surface area contributed by atoms with Gasteiger partial charge in [0.25, 0.3) is 0 Å². The smallest absolute Gasteiger partial charge is 0.308 e. The van der Waals surface area contributed by atoms with Gasteiger partial charge in [-0.2, -0.15) is 0 Å². The lowest BCUT2D eigenvalue weighted by Gasteiger charge is -2.40. The highest BCUT2D eigenvalue weighted by molar-refractivity contribution is 6.01. The molecule has 0 bridgehead atoms. The Morgan fingerprint density at radius 3 is 1.69 bits per heavy atom. The molecular formula is C52H52FNO5. The molecule has 6 nitrogen and oxygen atoms in total. The van der Waals surface area contributed by atoms with E-state index in [0.717, 1.165) is 50.0 Å². The molecule has 3 unspecified atom stereocenters. The van der Waals surface area contributed by atoms with Crippen LogP contribution in [-0.2, 0) is 14.9 Å². The molecule has 7 aromatic rings. The van der Waals surface area contributed by atoms with Crippen molar-refractivity contribution in [2.75, 3.05) is 6.61 Å². The zero-order valence-corrected chi connectivity index (χ0v) is 33.7. The average Bonchev–Trinajstić information content (AvgIpc) is 3.59. The first-order valence-corrected chi connectivity index (χ1v) is 20.1. The van der Waals surface area contributed by atoms with Gasteiger partial charge in [-0.25, -0.2) is 4.39 Å². The first-order chi connectivity index (χ1) is 28.6. The van der Waals surface area contributed by atoms with Gasteiger partial charge < -0.3 is 24.6 Å². The van der Waals surface area contributed by atoms with E-state index in [9.17, 15) is 24.5 Å². The van der Waals surface area contributed by atoms with Gasteiger partial charge in [-0.15, -0.1) is 0 Å². The summed E-state index contributed by atoms with van der Waals surface area (Å²) in [5.41, 5.74) is 7.14. The number of nitrogens with zero attached hydrogens (tertiary/aromatic N) is 1. The van der Waals surface area contributed by atoms with Gasteiger partial charge in [0.15, 0.2) is 0 Å². The van der Waals surface area contributed by atoms with Crippen molar-refractivity contribution in [1.82, 2.24) is 4.57 Å². The number of carbonyl (C=O) groups excluding carboxylic acids is 1. The van der Waals surface area contributed by atoms with Gasteiger partial charge in [-0.1, -0.05) is 158 Å². The van der Waals surface area contributed by atoms with Crippen LogP contribution in [0, 0.1) is 5.82 Å². The van der Waals surface area contributed by atoms with Crippen molar-refractivity contribution in [2.24, 2.45) is 0 Å². The highest BCUT2D eigenvalue weighted by Crippen LogP contribution is 2.48. The van der Waals surface area contributed by atoms with E-state index in [1.807, 2.05) is 115 Å². The Hall–Kier alpha value is -6.12. The number of hydrogen-bond donors (Lipinski definition) is 3. The minimum absolute atomic E-state index is 0.0170. The van der Waals surface area contributed by atoms with Crippen LogP contribution < -0.4 is 0 Å². The zero-order chi connectivity index (χ0) is 41.8. The molecule has 302 valence electrons. The number of aliphatic hydroxyl groups excluding tert-OH is 3. The lowest BCUT2D eigenvalue weighted by atomic mass is 9.64. The van der Waals surface area contributed by atoms with E-state index < -0.39 is 29.7 Å². The van der Waals surface area contributed by atoms with E-state index in [0.29, 0.717) is 0 Å². The van der Waals surface area contributed by atoms with Gasteiger partial charge in [0.1, 0.15) is 5.82 Å². The van der Waals surface area contributed by atoms with E-state index >= 15 is 0 Å². The molecule has 59 heavy (non-hydrogen) atoms. The number of rotatable bonds is 14. The summed E-state index contributed by atoms with van der Waals surface area (Å²) >= 11 is 0. The van der Waals surface area contributed by atoms with Gasteiger partial charge in [0.2, 0.25) is 0 Å². The van der Waals surface area contributed by atoms with Crippen LogP contribution in [0.5, 0.6) is 0 Å². The number of esters is 1. The molecule has 0 fully saturated rings. The summed E-state index contributed by atoms with van der Waals surface area (Å²) in [6.07, 6.45) is 0.635. The summed E-state index contributed by atoms with van der Waals surface area (Å²) in [7, 11) is 0. The lowest BCUT2D eigenvalue weighted by Crippen LogP contribution is -2.36. The number of aromatic nitrogens is 1. The third kappa shape index (κ3) is 9.78. The minimum atomic E-state index is -0.999. The van der Waals surface area contributed by atoms with Crippen LogP contribution in [0.2, 0.25) is 0 Å². The zero-order valence-electron chi connectivity index (χ0n) is 33.7. The van der Waals surface area contributed by atoms with Crippen LogP contribution in [0.3, 0.4) is 0 Å². The molecule has 0 radical (unpaired) electrons. The van der Waals surface area contributed by atoms with E-state index in [4.69, 9.17) is 4.74 Å². The average molecular weight is 790 g/mol. The predicted octanol–water partition coefficient (Wildman–Crippen LogP) is 10.9. The molecular weight excluding hydrogens is 738 g/mol. The van der Waals surface area contributed by atoms with Crippen molar-refractivity contribution < 1.29 is 29.2 Å². The molecule has 7 rings (SSSR count). The van der Waals surface area contributed by atoms with Gasteiger partial charge in [-0.05, 0) is 72.9 Å². The number of ether oxygens (including phenoxy) is 1. The Morgan fingerprint density at radius 2 is 1.19 bits per heavy atom. The maximum Gasteiger partial charge on any atom is 0.308 e. The molecule has 3 atom stereocenters. The van der Waals surface area contributed by atoms with E-state index in [1.54, 1.807) is 25.1 Å². The molecule has 1 aromatic heterocycles. The summed E-state index contributed by atoms with van der Waals surface area (Å²) in [5.74, 6) is -0.792. The van der Waals surface area contributed by atoms with E-state index in [2.05, 4.69) is 54.8 Å². The standard InChI is InChI=1S/C26H30FNO4.C26H22O/c1-4-32-25(31)16-21(30)15-20(29)13-14-24-26(18-9-11-19(27)12-10-18)22-7-5-6-8-23(22)28(24)17(2)3;27-25(21-13-5-1-6-14-21)26(22-15-7-2-8-16-22,23-17-9-3-10-18-23)24-19-11-4-12-20-24/h5-14,17,20-21,29-30H,4,15-16H2,1-3H3;1-20,25,27H/b14-13+;. The number of aliphatic hydroxyl groups is 3. The molecule has 0 spiro atoms. The second kappa shape index (κ2) is 20.0. The fourth-order valence-corrected chi connectivity index (χ4v) is 7.94. The van der Waals surface area contributed by atoms with E-state index in [-0.39, 0.29) is 31.3 Å². The Balaban J connectivity index is 0.000000201. The minimum Gasteiger partial charge on any atom is -0.466 e. The first kappa shape index (κ1) is 42.5. The third-order valence-corrected chi connectivity index (χ3v) is 10.5. The van der Waals surface area contributed by atoms with E-state index in [1.165, 1.54) is 12.1 Å². The van der Waals surface area contributed by atoms with Crippen molar-refractivity contribution in [3.8, 4) is 11.1 Å². The summed E-state index contributed by atoms with van der Waals surface area (Å²) in [6, 6.07) is 55.3. The molecule has 0 saturated heterocycles. The lowest BCUT2D eigenvalue weighted by molar-refractivity contribution is -0.145. The summed E-state index contributed by atoms with van der Waals surface area (Å²) in [5, 5.41) is 33.4. The van der Waals surface area contributed by atoms with Crippen molar-refractivity contribution >= 4 is 22.9 Å². The van der Waals surface area contributed by atoms with Crippen LogP contribution in [0.15, 0.2) is 176 Å². The third-order valence-electron chi connectivity index (χ3n) is 10.5. The van der Waals surface area contributed by atoms with Crippen LogP contribution in [0.25, 0.3) is 28.1 Å². The molecule has 0 saturated carbocycles. The van der Waals surface area contributed by atoms with Crippen LogP contribution in [0.1, 0.15) is 73.7 Å². The largest absolute Gasteiger partial charge is 0.466 e. The number of hydrogen-bond acceptors (Lipinski definition) is 5. The van der Waals surface area contributed by atoms with Gasteiger partial charge in [0.05, 0.1) is 36.8 Å². The highest BCUT2D eigenvalue weighted by atomic mass is 19.1. The van der Waals surface area contributed by atoms with Crippen molar-refractivity contribution in [1.29, 1.82) is 0 Å². The number of para-hydroxylation sites is 1. The maximum absolute atomic E-state index is 13.6. The predicted molar refractivity (Wildman–Crippen MR) is 235 cm³/mol. The molecule has 0 aliphatic carbocycles. The quantitative estimate of drug-likeness (QED) is 0.0754. The Morgan fingerprint density at radius 1 is 0.695 bits per heavy atom. The second-order valence-corrected chi connectivity index (χ2v) is 14.8. The molecule has 7 heteroatoms. The fourth-order valence-electron chi connectivity index (χ4n) is 7.94. The number of halogens is 1. The van der Waals surface area contributed by atoms with Crippen LogP contribution in [-0.4, -0.2) is 44.7 Å². The molecule has 0 aliphatic rings. The molecule has 0 amide bonds. The van der Waals surface area contributed by atoms with Crippen molar-refractivity contribution in [3.63, 3.8) is 0 Å². The number of benzene rings is 6.